The van der Waals surface area contributed by atoms with Crippen molar-refractivity contribution >= 4 is 0 Å². The van der Waals surface area contributed by atoms with Gasteiger partial charge in [-0.15, -0.1) is 0 Å². The molecule has 0 saturated carbocycles. The fraction of sp³-hybridized carbons (Fsp3) is 0. The minimum Gasteiger partial charge on any atom is -0.999 e. The van der Waals surface area contributed by atoms with Gasteiger partial charge in [0.1, 0.15) is 0 Å². The van der Waals surface area contributed by atoms with Crippen LogP contribution < -0.4 is 0 Å². The van der Waals surface area contributed by atoms with Crippen LogP contribution in [0, 0.1) is 50.9 Å². The largest absolute Gasteiger partial charge is 6.00 e. The molecule has 0 heterocycles. The molecule has 4 nitrogen and oxygen atoms in total. The van der Waals surface area contributed by atoms with Gasteiger partial charge in [0, 0.05) is 0 Å². The maximum atomic E-state index is 7.50. The Balaban J connectivity index is -0.0000000350. The summed E-state index contributed by atoms with van der Waals surface area (Å²) in [4.78, 5) is 0. The summed E-state index contributed by atoms with van der Waals surface area (Å²) < 4.78 is 30.0. The molecule has 0 aromatic heterocycles. The van der Waals surface area contributed by atoms with Crippen molar-refractivity contribution in [2.75, 3.05) is 0 Å². The minimum atomic E-state index is 0. The van der Waals surface area contributed by atoms with Crippen molar-refractivity contribution in [3.8, 4) is 0 Å². The molecule has 8 heteroatoms. The molecule has 4 aromatic rings. The van der Waals surface area contributed by atoms with E-state index in [1.807, 2.05) is 91.0 Å². The third-order valence-corrected chi connectivity index (χ3v) is 2.02. The van der Waals surface area contributed by atoms with Crippen LogP contribution in [0.25, 0.3) is 0 Å². The molecule has 152 valence electrons. The third kappa shape index (κ3) is 63.0. The standard InChI is InChI=1S/3C5H5.C5H.4CO.4Fe/c4*1-2-4-5-3-1;4*1-2;;;;/h3*1-5H;1H;;;;;;;;/q3*-1;-5;;;;;4*+6. The summed E-state index contributed by atoms with van der Waals surface area (Å²) in [5.41, 5.74) is 0. The summed E-state index contributed by atoms with van der Waals surface area (Å²) in [5, 5.41) is 0. The third-order valence-electron chi connectivity index (χ3n) is 2.02. The Morgan fingerprint density at radius 2 is 0.594 bits per heavy atom. The summed E-state index contributed by atoms with van der Waals surface area (Å²) in [7, 11) is 0. The Bertz CT molecular complexity index is 497. The molecule has 0 saturated heterocycles. The second-order valence-corrected chi connectivity index (χ2v) is 3.57. The zero-order valence-corrected chi connectivity index (χ0v) is 20.7. The van der Waals surface area contributed by atoms with E-state index in [0.29, 0.717) is 0 Å². The van der Waals surface area contributed by atoms with Crippen molar-refractivity contribution in [1.82, 2.24) is 0 Å². The first-order valence-electron chi connectivity index (χ1n) is 7.14. The summed E-state index contributed by atoms with van der Waals surface area (Å²) in [6.45, 7) is 18.0. The SMILES string of the molecule is [C-]#[O+].[C-]#[O+].[C-]#[O+].[C-]#[O+].[Fe+6].[Fe+6].[Fe+6].[Fe+6].[c-]1[c-][c-][cH-][c-]1.c1cc[cH-]c1.c1cc[cH-]c1.c1cc[cH-]c1. The second-order valence-electron chi connectivity index (χ2n) is 3.57. The molecule has 0 fully saturated rings. The average Bonchev–Trinajstić information content (AvgIpc) is 3.66. The fourth-order valence-corrected chi connectivity index (χ4v) is 1.14. The van der Waals surface area contributed by atoms with Crippen LogP contribution in [0.1, 0.15) is 0 Å². The number of rotatable bonds is 0. The smallest absolute Gasteiger partial charge is 0.999 e. The van der Waals surface area contributed by atoms with E-state index in [9.17, 15) is 0 Å². The normalized spacial score (nSPS) is 5.25. The quantitative estimate of drug-likeness (QED) is 0.162. The molecule has 0 radical (unpaired) electrons. The van der Waals surface area contributed by atoms with E-state index in [1.54, 1.807) is 6.07 Å². The molecule has 4 rings (SSSR count). The van der Waals surface area contributed by atoms with Crippen molar-refractivity contribution < 1.29 is 86.9 Å². The monoisotopic (exact) mass is 592 g/mol. The van der Waals surface area contributed by atoms with E-state index in [2.05, 4.69) is 50.9 Å². The molecule has 0 N–H and O–H groups in total. The average molecular weight is 592 g/mol. The second kappa shape index (κ2) is 70.0. The van der Waals surface area contributed by atoms with Crippen LogP contribution in [-0.2, 0) is 86.9 Å². The van der Waals surface area contributed by atoms with Crippen LogP contribution in [0.2, 0.25) is 0 Å². The van der Waals surface area contributed by atoms with Crippen LogP contribution in [0.15, 0.2) is 97.1 Å². The van der Waals surface area contributed by atoms with Gasteiger partial charge >= 0.3 is 113 Å². The molecule has 0 aliphatic heterocycles. The van der Waals surface area contributed by atoms with Gasteiger partial charge in [0.05, 0.1) is 0 Å². The van der Waals surface area contributed by atoms with Gasteiger partial charge in [0.15, 0.2) is 0 Å². The fourth-order valence-electron chi connectivity index (χ4n) is 1.14. The molecule has 0 unspecified atom stereocenters. The van der Waals surface area contributed by atoms with Gasteiger partial charge in [-0.2, -0.15) is 54.6 Å². The molecule has 0 amide bonds. The maximum absolute atomic E-state index is 7.50. The Hall–Kier alpha value is -1.56. The number of hydrogen-bond acceptors (Lipinski definition) is 0. The topological polar surface area (TPSA) is 79.6 Å². The Morgan fingerprint density at radius 1 is 0.406 bits per heavy atom. The van der Waals surface area contributed by atoms with E-state index in [0.717, 1.165) is 0 Å². The van der Waals surface area contributed by atoms with Gasteiger partial charge in [0.25, 0.3) is 0 Å². The van der Waals surface area contributed by atoms with Crippen LogP contribution in [0.5, 0.6) is 0 Å². The molecular formula is C24H16Fe4O4+16. The van der Waals surface area contributed by atoms with Crippen molar-refractivity contribution in [2.24, 2.45) is 0 Å². The summed E-state index contributed by atoms with van der Waals surface area (Å²) >= 11 is 0. The number of hydrogen-bond donors (Lipinski definition) is 0. The molecular weight excluding hydrogens is 576 g/mol. The molecule has 0 atom stereocenters. The summed E-state index contributed by atoms with van der Waals surface area (Å²) in [5.74, 6) is 0. The molecule has 32 heavy (non-hydrogen) atoms. The van der Waals surface area contributed by atoms with E-state index >= 15 is 0 Å². The van der Waals surface area contributed by atoms with Gasteiger partial charge in [-0.25, -0.2) is 36.4 Å². The van der Waals surface area contributed by atoms with Gasteiger partial charge in [-0.3, -0.25) is 0 Å². The molecule has 4 aromatic carbocycles. The van der Waals surface area contributed by atoms with Crippen molar-refractivity contribution in [3.63, 3.8) is 0 Å². The van der Waals surface area contributed by atoms with Crippen LogP contribution in [0.3, 0.4) is 0 Å². The zero-order chi connectivity index (χ0) is 22.1. The molecule has 0 aliphatic rings. The van der Waals surface area contributed by atoms with E-state index < -0.39 is 0 Å². The van der Waals surface area contributed by atoms with Crippen molar-refractivity contribution in [1.29, 1.82) is 0 Å². The van der Waals surface area contributed by atoms with Crippen molar-refractivity contribution in [3.05, 3.63) is 148 Å². The predicted octanol–water partition coefficient (Wildman–Crippen LogP) is 4.66. The van der Waals surface area contributed by atoms with Gasteiger partial charge in [-0.1, -0.05) is 0 Å². The Morgan fingerprint density at radius 3 is 0.656 bits per heavy atom. The molecule has 0 bridgehead atoms. The van der Waals surface area contributed by atoms with Crippen molar-refractivity contribution in [2.45, 2.75) is 0 Å². The maximum Gasteiger partial charge on any atom is 6.00 e. The van der Waals surface area contributed by atoms with E-state index in [4.69, 9.17) is 18.6 Å². The van der Waals surface area contributed by atoms with Gasteiger partial charge in [-0.05, 0) is 0 Å². The molecule has 0 aliphatic carbocycles. The van der Waals surface area contributed by atoms with Crippen LogP contribution in [0.4, 0.5) is 0 Å². The van der Waals surface area contributed by atoms with Gasteiger partial charge < -0.3 is 30.3 Å². The Labute approximate surface area is 233 Å². The minimum absolute atomic E-state index is 0. The Kier molecular flexibility index (Phi) is 115. The predicted molar refractivity (Wildman–Crippen MR) is 99.2 cm³/mol. The zero-order valence-electron chi connectivity index (χ0n) is 16.3. The van der Waals surface area contributed by atoms with Crippen LogP contribution >= 0.6 is 0 Å². The first kappa shape index (κ1) is 52.4. The molecule has 0 spiro atoms. The van der Waals surface area contributed by atoms with E-state index in [-0.39, 0.29) is 68.3 Å². The van der Waals surface area contributed by atoms with E-state index in [1.165, 1.54) is 0 Å². The summed E-state index contributed by atoms with van der Waals surface area (Å²) in [6.07, 6.45) is 0. The first-order valence-corrected chi connectivity index (χ1v) is 7.14. The summed E-state index contributed by atoms with van der Waals surface area (Å²) in [6, 6.07) is 42.0. The van der Waals surface area contributed by atoms with Crippen LogP contribution in [-0.4, -0.2) is 0 Å². The van der Waals surface area contributed by atoms with Gasteiger partial charge in [0.2, 0.25) is 0 Å². The first-order chi connectivity index (χ1) is 14.0.